The summed E-state index contributed by atoms with van der Waals surface area (Å²) in [4.78, 5) is 11.4. The number of rotatable bonds is 5. The number of benzene rings is 2. The zero-order chi connectivity index (χ0) is 17.8. The molecule has 0 amide bonds. The molecule has 0 aromatic heterocycles. The van der Waals surface area contributed by atoms with Gasteiger partial charge in [0.25, 0.3) is 10.0 Å². The molecule has 0 saturated heterocycles. The summed E-state index contributed by atoms with van der Waals surface area (Å²) in [6.45, 7) is 5.79. The SMILES string of the molecule is CC(C)(C)NS(=NS(=O)(=O)c1ccccc1)c1ccc(N=O)cc1. The summed E-state index contributed by atoms with van der Waals surface area (Å²) in [6.07, 6.45) is 0. The molecule has 1 unspecified atom stereocenters. The Hall–Kier alpha value is -1.90. The van der Waals surface area contributed by atoms with Crippen molar-refractivity contribution in [2.45, 2.75) is 36.1 Å². The van der Waals surface area contributed by atoms with E-state index in [-0.39, 0.29) is 16.1 Å². The van der Waals surface area contributed by atoms with E-state index in [0.717, 1.165) is 0 Å². The van der Waals surface area contributed by atoms with E-state index in [1.165, 1.54) is 24.3 Å². The van der Waals surface area contributed by atoms with Crippen molar-refractivity contribution < 1.29 is 8.42 Å². The van der Waals surface area contributed by atoms with Gasteiger partial charge in [0.1, 0.15) is 5.69 Å². The van der Waals surface area contributed by atoms with Crippen molar-refractivity contribution in [3.8, 4) is 0 Å². The molecule has 0 aliphatic heterocycles. The number of nitroso groups, excluding NO2 is 1. The topological polar surface area (TPSA) is 88.0 Å². The molecular weight excluding hydrogens is 346 g/mol. The average molecular weight is 365 g/mol. The molecule has 24 heavy (non-hydrogen) atoms. The minimum atomic E-state index is -3.81. The summed E-state index contributed by atoms with van der Waals surface area (Å²) in [5.74, 6) is 0. The number of nitrogens with one attached hydrogen (secondary N) is 1. The van der Waals surface area contributed by atoms with E-state index in [1.807, 2.05) is 20.8 Å². The minimum absolute atomic E-state index is 0.143. The van der Waals surface area contributed by atoms with E-state index < -0.39 is 20.9 Å². The first-order valence-corrected chi connectivity index (χ1v) is 9.82. The first-order valence-electron chi connectivity index (χ1n) is 7.20. The Balaban J connectivity index is 2.51. The van der Waals surface area contributed by atoms with Gasteiger partial charge < -0.3 is 0 Å². The summed E-state index contributed by atoms with van der Waals surface area (Å²) in [6, 6.07) is 14.5. The van der Waals surface area contributed by atoms with Gasteiger partial charge in [0.05, 0.1) is 4.90 Å². The van der Waals surface area contributed by atoms with Gasteiger partial charge in [0.2, 0.25) is 0 Å². The molecule has 0 fully saturated rings. The monoisotopic (exact) mass is 365 g/mol. The van der Waals surface area contributed by atoms with Crippen molar-refractivity contribution in [3.63, 3.8) is 0 Å². The Morgan fingerprint density at radius 2 is 1.54 bits per heavy atom. The summed E-state index contributed by atoms with van der Waals surface area (Å²) >= 11 is 0. The highest BCUT2D eigenvalue weighted by Gasteiger charge is 2.18. The highest BCUT2D eigenvalue weighted by Crippen LogP contribution is 2.20. The molecule has 0 spiro atoms. The maximum atomic E-state index is 12.6. The quantitative estimate of drug-likeness (QED) is 0.813. The van der Waals surface area contributed by atoms with Crippen LogP contribution in [0.15, 0.2) is 73.3 Å². The highest BCUT2D eigenvalue weighted by molar-refractivity contribution is 7.99. The van der Waals surface area contributed by atoms with Crippen LogP contribution >= 0.6 is 0 Å². The molecule has 1 N–H and O–H groups in total. The van der Waals surface area contributed by atoms with E-state index in [2.05, 4.69) is 13.7 Å². The second-order valence-corrected chi connectivity index (χ2v) is 9.35. The van der Waals surface area contributed by atoms with Crippen LogP contribution in [0, 0.1) is 4.91 Å². The van der Waals surface area contributed by atoms with Gasteiger partial charge in [-0.2, -0.15) is 8.42 Å². The van der Waals surface area contributed by atoms with Crippen LogP contribution in [-0.4, -0.2) is 14.0 Å². The van der Waals surface area contributed by atoms with Crippen molar-refractivity contribution in [2.24, 2.45) is 8.94 Å². The Morgan fingerprint density at radius 3 is 2.04 bits per heavy atom. The van der Waals surface area contributed by atoms with Gasteiger partial charge >= 0.3 is 0 Å². The fourth-order valence-corrected chi connectivity index (χ4v) is 5.00. The Labute approximate surface area is 144 Å². The summed E-state index contributed by atoms with van der Waals surface area (Å²) in [5, 5.41) is 2.85. The second-order valence-electron chi connectivity index (χ2n) is 6.08. The number of hydrogen-bond donors (Lipinski definition) is 1. The highest BCUT2D eigenvalue weighted by atomic mass is 32.3. The second kappa shape index (κ2) is 7.33. The van der Waals surface area contributed by atoms with Gasteiger partial charge in [-0.25, -0.2) is 4.72 Å². The Bertz CT molecular complexity index is 840. The van der Waals surface area contributed by atoms with Crippen LogP contribution in [0.2, 0.25) is 0 Å². The van der Waals surface area contributed by atoms with E-state index in [4.69, 9.17) is 0 Å². The molecule has 8 heteroatoms. The van der Waals surface area contributed by atoms with Crippen molar-refractivity contribution in [2.75, 3.05) is 0 Å². The molecule has 0 aliphatic carbocycles. The maximum absolute atomic E-state index is 12.6. The van der Waals surface area contributed by atoms with Crippen molar-refractivity contribution in [3.05, 3.63) is 59.5 Å². The van der Waals surface area contributed by atoms with Crippen molar-refractivity contribution in [1.82, 2.24) is 4.72 Å². The summed E-state index contributed by atoms with van der Waals surface area (Å²) < 4.78 is 32.4. The van der Waals surface area contributed by atoms with Gasteiger partial charge in [-0.1, -0.05) is 18.2 Å². The lowest BCUT2D eigenvalue weighted by molar-refractivity contribution is 0.532. The summed E-state index contributed by atoms with van der Waals surface area (Å²) in [7, 11) is -4.90. The predicted octanol–water partition coefficient (Wildman–Crippen LogP) is 3.94. The van der Waals surface area contributed by atoms with Crippen LogP contribution in [0.3, 0.4) is 0 Å². The number of hydrogen-bond acceptors (Lipinski definition) is 4. The van der Waals surface area contributed by atoms with Crippen LogP contribution in [0.5, 0.6) is 0 Å². The normalized spacial score (nSPS) is 13.6. The zero-order valence-electron chi connectivity index (χ0n) is 13.6. The van der Waals surface area contributed by atoms with Crippen LogP contribution in [-0.2, 0) is 20.9 Å². The van der Waals surface area contributed by atoms with Gasteiger partial charge in [-0.05, 0) is 62.3 Å². The predicted molar refractivity (Wildman–Crippen MR) is 96.5 cm³/mol. The molecule has 2 rings (SSSR count). The van der Waals surface area contributed by atoms with E-state index in [0.29, 0.717) is 4.90 Å². The minimum Gasteiger partial charge on any atom is -0.245 e. The molecular formula is C16H19N3O3S2. The molecule has 2 aromatic rings. The molecule has 0 bridgehead atoms. The third-order valence-electron chi connectivity index (χ3n) is 2.78. The Morgan fingerprint density at radius 1 is 0.958 bits per heavy atom. The van der Waals surface area contributed by atoms with E-state index in [9.17, 15) is 13.3 Å². The van der Waals surface area contributed by atoms with E-state index >= 15 is 0 Å². The summed E-state index contributed by atoms with van der Waals surface area (Å²) in [5.41, 5.74) is -0.0654. The number of sulfonamides is 1. The molecule has 2 aromatic carbocycles. The Kier molecular flexibility index (Phi) is 5.63. The van der Waals surface area contributed by atoms with Crippen LogP contribution in [0.4, 0.5) is 5.69 Å². The molecule has 0 radical (unpaired) electrons. The largest absolute Gasteiger partial charge is 0.289 e. The first-order chi connectivity index (χ1) is 11.2. The molecule has 0 heterocycles. The fourth-order valence-electron chi connectivity index (χ4n) is 1.78. The van der Waals surface area contributed by atoms with Gasteiger partial charge in [0.15, 0.2) is 0 Å². The zero-order valence-corrected chi connectivity index (χ0v) is 15.3. The molecule has 6 nitrogen and oxygen atoms in total. The van der Waals surface area contributed by atoms with Gasteiger partial charge in [0, 0.05) is 21.3 Å². The maximum Gasteiger partial charge on any atom is 0.289 e. The average Bonchev–Trinajstić information content (AvgIpc) is 2.54. The lowest BCUT2D eigenvalue weighted by Crippen LogP contribution is -2.37. The first kappa shape index (κ1) is 18.4. The van der Waals surface area contributed by atoms with Crippen LogP contribution in [0.25, 0.3) is 0 Å². The molecule has 128 valence electrons. The lowest BCUT2D eigenvalue weighted by Gasteiger charge is -2.22. The smallest absolute Gasteiger partial charge is 0.245 e. The van der Waals surface area contributed by atoms with Gasteiger partial charge in [-0.3, -0.25) is 0 Å². The standard InChI is InChI=1S/C16H19N3O3S2/c1-16(2,3)18-23(14-11-9-13(17-20)10-12-14)19-24(21,22)15-7-5-4-6-8-15/h4-12H,1-3H3,(H,18,19). The van der Waals surface area contributed by atoms with Gasteiger partial charge in [-0.15, -0.1) is 8.68 Å². The third kappa shape index (κ3) is 5.05. The fraction of sp³-hybridized carbons (Fsp3) is 0.250. The third-order valence-corrected chi connectivity index (χ3v) is 6.56. The van der Waals surface area contributed by atoms with Crippen molar-refractivity contribution in [1.29, 1.82) is 0 Å². The van der Waals surface area contributed by atoms with Crippen LogP contribution < -0.4 is 4.72 Å². The molecule has 0 saturated carbocycles. The molecule has 0 aliphatic rings. The lowest BCUT2D eigenvalue weighted by atomic mass is 10.1. The van der Waals surface area contributed by atoms with Crippen LogP contribution in [0.1, 0.15) is 20.8 Å². The van der Waals surface area contributed by atoms with Crippen molar-refractivity contribution >= 4 is 26.6 Å². The van der Waals surface area contributed by atoms with E-state index in [1.54, 1.807) is 30.3 Å². The molecule has 1 atom stereocenters. The number of nitrogens with zero attached hydrogens (tertiary/aromatic N) is 2.